The van der Waals surface area contributed by atoms with E-state index in [2.05, 4.69) is 6.92 Å². The number of hydrogen-bond donors (Lipinski definition) is 1. The summed E-state index contributed by atoms with van der Waals surface area (Å²) in [5.74, 6) is 0. The minimum atomic E-state index is 0. The van der Waals surface area contributed by atoms with Crippen molar-refractivity contribution in [2.75, 3.05) is 6.61 Å². The predicted molar refractivity (Wildman–Crippen MR) is 31.2 cm³/mol. The molecule has 0 aromatic rings. The van der Waals surface area contributed by atoms with Crippen molar-refractivity contribution in [3.63, 3.8) is 0 Å². The molecule has 0 amide bonds. The molecule has 0 rings (SSSR count). The predicted octanol–water partition coefficient (Wildman–Crippen LogP) is 1.56. The SMILES string of the molecule is CCCCCCO.[Au]. The summed E-state index contributed by atoms with van der Waals surface area (Å²) in [6.45, 7) is 2.53. The van der Waals surface area contributed by atoms with E-state index >= 15 is 0 Å². The fraction of sp³-hybridized carbons (Fsp3) is 1.00. The second kappa shape index (κ2) is 10.6. The zero-order chi connectivity index (χ0) is 5.54. The Morgan fingerprint density at radius 1 is 1.12 bits per heavy atom. The molecular formula is C6H14AuO. The van der Waals surface area contributed by atoms with E-state index in [0.717, 1.165) is 6.42 Å². The molecular weight excluding hydrogens is 285 g/mol. The number of rotatable bonds is 4. The van der Waals surface area contributed by atoms with Crippen LogP contribution in [0.1, 0.15) is 32.6 Å². The van der Waals surface area contributed by atoms with Crippen LogP contribution in [0, 0.1) is 0 Å². The van der Waals surface area contributed by atoms with Crippen molar-refractivity contribution in [2.24, 2.45) is 0 Å². The van der Waals surface area contributed by atoms with Gasteiger partial charge in [0.15, 0.2) is 0 Å². The van der Waals surface area contributed by atoms with Crippen LogP contribution in [0.15, 0.2) is 0 Å². The fourth-order valence-electron chi connectivity index (χ4n) is 0.539. The van der Waals surface area contributed by atoms with Gasteiger partial charge in [0, 0.05) is 29.0 Å². The van der Waals surface area contributed by atoms with Crippen molar-refractivity contribution in [2.45, 2.75) is 32.6 Å². The Labute approximate surface area is 67.0 Å². The summed E-state index contributed by atoms with van der Waals surface area (Å²) in [6, 6.07) is 0. The molecule has 0 spiro atoms. The van der Waals surface area contributed by atoms with Crippen LogP contribution >= 0.6 is 0 Å². The van der Waals surface area contributed by atoms with Crippen molar-refractivity contribution in [3.05, 3.63) is 0 Å². The molecule has 0 aliphatic heterocycles. The van der Waals surface area contributed by atoms with Crippen LogP contribution in [0.5, 0.6) is 0 Å². The van der Waals surface area contributed by atoms with Gasteiger partial charge >= 0.3 is 0 Å². The summed E-state index contributed by atoms with van der Waals surface area (Å²) < 4.78 is 0. The van der Waals surface area contributed by atoms with Crippen LogP contribution in [0.25, 0.3) is 0 Å². The zero-order valence-corrected chi connectivity index (χ0v) is 7.45. The largest absolute Gasteiger partial charge is 0.396 e. The van der Waals surface area contributed by atoms with E-state index < -0.39 is 0 Å². The second-order valence-corrected chi connectivity index (χ2v) is 1.78. The molecule has 2 heteroatoms. The molecule has 1 nitrogen and oxygen atoms in total. The topological polar surface area (TPSA) is 20.2 Å². The van der Waals surface area contributed by atoms with Crippen LogP contribution in [-0.4, -0.2) is 11.7 Å². The quantitative estimate of drug-likeness (QED) is 0.617. The summed E-state index contributed by atoms with van der Waals surface area (Å²) in [4.78, 5) is 0. The Balaban J connectivity index is 0. The van der Waals surface area contributed by atoms with Gasteiger partial charge in [0.25, 0.3) is 0 Å². The molecule has 0 atom stereocenters. The van der Waals surface area contributed by atoms with Gasteiger partial charge in [-0.15, -0.1) is 0 Å². The smallest absolute Gasteiger partial charge is 0.0431 e. The van der Waals surface area contributed by atoms with Crippen molar-refractivity contribution in [1.82, 2.24) is 0 Å². The van der Waals surface area contributed by atoms with E-state index in [9.17, 15) is 0 Å². The Morgan fingerprint density at radius 3 is 2.12 bits per heavy atom. The first kappa shape index (κ1) is 11.5. The maximum Gasteiger partial charge on any atom is 0.0431 e. The summed E-state index contributed by atoms with van der Waals surface area (Å²) >= 11 is 0. The van der Waals surface area contributed by atoms with Crippen molar-refractivity contribution >= 4 is 0 Å². The molecule has 1 N–H and O–H groups in total. The maximum absolute atomic E-state index is 8.29. The van der Waals surface area contributed by atoms with E-state index in [4.69, 9.17) is 5.11 Å². The van der Waals surface area contributed by atoms with Gasteiger partial charge in [-0.25, -0.2) is 0 Å². The minimum Gasteiger partial charge on any atom is -0.396 e. The van der Waals surface area contributed by atoms with Gasteiger partial charge in [-0.1, -0.05) is 26.2 Å². The standard InChI is InChI=1S/C6H14O.Au/c1-2-3-4-5-6-7;/h7H,2-6H2,1H3;. The van der Waals surface area contributed by atoms with Gasteiger partial charge in [0.05, 0.1) is 0 Å². The molecule has 0 aromatic heterocycles. The van der Waals surface area contributed by atoms with Gasteiger partial charge in [0.2, 0.25) is 0 Å². The number of aliphatic hydroxyl groups excluding tert-OH is 1. The molecule has 8 heavy (non-hydrogen) atoms. The van der Waals surface area contributed by atoms with Gasteiger partial charge in [0.1, 0.15) is 0 Å². The van der Waals surface area contributed by atoms with Crippen LogP contribution < -0.4 is 0 Å². The summed E-state index contributed by atoms with van der Waals surface area (Å²) in [5.41, 5.74) is 0. The van der Waals surface area contributed by atoms with E-state index in [1.807, 2.05) is 0 Å². The molecule has 0 saturated heterocycles. The molecule has 1 radical (unpaired) electrons. The Morgan fingerprint density at radius 2 is 1.75 bits per heavy atom. The first-order chi connectivity index (χ1) is 3.41. The maximum atomic E-state index is 8.29. The van der Waals surface area contributed by atoms with Gasteiger partial charge in [-0.05, 0) is 6.42 Å². The average molecular weight is 299 g/mol. The molecule has 0 aromatic carbocycles. The minimum absolute atomic E-state index is 0. The van der Waals surface area contributed by atoms with E-state index in [1.165, 1.54) is 19.3 Å². The van der Waals surface area contributed by atoms with Crippen molar-refractivity contribution in [3.8, 4) is 0 Å². The van der Waals surface area contributed by atoms with Crippen LogP contribution in [-0.2, 0) is 22.4 Å². The van der Waals surface area contributed by atoms with Gasteiger partial charge in [-0.3, -0.25) is 0 Å². The Bertz CT molecular complexity index is 27.7. The average Bonchev–Trinajstić information content (AvgIpc) is 1.69. The van der Waals surface area contributed by atoms with E-state index in [1.54, 1.807) is 0 Å². The molecule has 0 heterocycles. The first-order valence-electron chi connectivity index (χ1n) is 3.02. The third-order valence-electron chi connectivity index (χ3n) is 1.01. The normalized spacial score (nSPS) is 8.25. The molecule has 0 fully saturated rings. The second-order valence-electron chi connectivity index (χ2n) is 1.78. The zero-order valence-electron chi connectivity index (χ0n) is 5.28. The summed E-state index contributed by atoms with van der Waals surface area (Å²) in [5, 5.41) is 8.29. The van der Waals surface area contributed by atoms with Crippen molar-refractivity contribution in [1.29, 1.82) is 0 Å². The van der Waals surface area contributed by atoms with E-state index in [0.29, 0.717) is 6.61 Å². The third-order valence-corrected chi connectivity index (χ3v) is 1.01. The Kier molecular flexibility index (Phi) is 15.3. The summed E-state index contributed by atoms with van der Waals surface area (Å²) in [6.07, 6.45) is 4.68. The number of aliphatic hydroxyl groups is 1. The fourth-order valence-corrected chi connectivity index (χ4v) is 0.539. The third kappa shape index (κ3) is 9.85. The number of unbranched alkanes of at least 4 members (excludes halogenated alkanes) is 3. The van der Waals surface area contributed by atoms with Gasteiger partial charge in [-0.2, -0.15) is 0 Å². The van der Waals surface area contributed by atoms with Crippen LogP contribution in [0.3, 0.4) is 0 Å². The molecule has 0 saturated carbocycles. The molecule has 0 aliphatic rings. The van der Waals surface area contributed by atoms with Crippen molar-refractivity contribution < 1.29 is 27.5 Å². The monoisotopic (exact) mass is 299 g/mol. The number of hydrogen-bond acceptors (Lipinski definition) is 1. The van der Waals surface area contributed by atoms with E-state index in [-0.39, 0.29) is 22.4 Å². The molecule has 55 valence electrons. The Hall–Kier alpha value is 0.700. The molecule has 0 bridgehead atoms. The molecule has 0 unspecified atom stereocenters. The van der Waals surface area contributed by atoms with Crippen LogP contribution in [0.4, 0.5) is 0 Å². The van der Waals surface area contributed by atoms with Gasteiger partial charge < -0.3 is 5.11 Å². The van der Waals surface area contributed by atoms with Crippen LogP contribution in [0.2, 0.25) is 0 Å². The molecule has 0 aliphatic carbocycles. The first-order valence-corrected chi connectivity index (χ1v) is 3.02. The summed E-state index contributed by atoms with van der Waals surface area (Å²) in [7, 11) is 0.